The van der Waals surface area contributed by atoms with Gasteiger partial charge in [-0.05, 0) is 49.5 Å². The molecule has 59 heavy (non-hydrogen) atoms. The number of allylic oxidation sites excluding steroid dienone is 1. The lowest BCUT2D eigenvalue weighted by atomic mass is 9.85. The summed E-state index contributed by atoms with van der Waals surface area (Å²) in [4.78, 5) is 62.6. The molecule has 3 heterocycles. The molecule has 2 aromatic carbocycles. The van der Waals surface area contributed by atoms with Gasteiger partial charge in [-0.1, -0.05) is 76.3 Å². The number of nitrogens with one attached hydrogen (secondary N) is 3. The number of amides is 4. The Hall–Kier alpha value is -5.44. The number of hydrogen-bond donors (Lipinski definition) is 3. The number of methoxy groups -OCH3 is 1. The third-order valence-electron chi connectivity index (χ3n) is 11.6. The number of rotatable bonds is 8. The van der Waals surface area contributed by atoms with Crippen LogP contribution < -0.4 is 24.8 Å². The van der Waals surface area contributed by atoms with Crippen LogP contribution in [-0.4, -0.2) is 91.4 Å². The first-order chi connectivity index (χ1) is 28.0. The fourth-order valence-corrected chi connectivity index (χ4v) is 9.20. The monoisotopic (exact) mass is 827 g/mol. The van der Waals surface area contributed by atoms with Gasteiger partial charge in [0.25, 0.3) is 5.91 Å². The van der Waals surface area contributed by atoms with Crippen molar-refractivity contribution in [3.05, 3.63) is 72.8 Å². The summed E-state index contributed by atoms with van der Waals surface area (Å²) < 4.78 is 46.1. The van der Waals surface area contributed by atoms with Crippen molar-refractivity contribution in [2.24, 2.45) is 17.3 Å². The first kappa shape index (κ1) is 41.7. The fraction of sp³-hybridized carbons (Fsp3) is 0.477. The molecule has 4 amide bonds. The fourth-order valence-electron chi connectivity index (χ4n) is 7.84. The molecule has 7 rings (SSSR count). The molecule has 1 aromatic heterocycles. The number of carbonyl (C=O) groups is 4. The Morgan fingerprint density at radius 1 is 1.10 bits per heavy atom. The van der Waals surface area contributed by atoms with Crippen LogP contribution in [0.2, 0.25) is 0 Å². The molecule has 14 nitrogen and oxygen atoms in total. The molecule has 3 N–H and O–H groups in total. The molecule has 3 fully saturated rings. The molecule has 0 spiro atoms. The summed E-state index contributed by atoms with van der Waals surface area (Å²) in [7, 11) is -2.32. The Kier molecular flexibility index (Phi) is 11.5. The van der Waals surface area contributed by atoms with Gasteiger partial charge in [-0.25, -0.2) is 18.2 Å². The van der Waals surface area contributed by atoms with Gasteiger partial charge >= 0.3 is 6.09 Å². The predicted octanol–water partition coefficient (Wildman–Crippen LogP) is 5.51. The summed E-state index contributed by atoms with van der Waals surface area (Å²) in [6.45, 7) is 11.3. The average Bonchev–Trinajstić information content (AvgIpc) is 4.13. The number of aromatic nitrogens is 1. The van der Waals surface area contributed by atoms with E-state index in [1.165, 1.54) is 11.0 Å². The molecule has 2 saturated carbocycles. The van der Waals surface area contributed by atoms with Crippen molar-refractivity contribution in [1.82, 2.24) is 25.2 Å². The summed E-state index contributed by atoms with van der Waals surface area (Å²) in [6.07, 6.45) is 6.51. The number of carbonyl (C=O) groups excluding carboxylic acids is 4. The van der Waals surface area contributed by atoms with Gasteiger partial charge in [0.05, 0.1) is 36.7 Å². The Morgan fingerprint density at radius 2 is 1.85 bits per heavy atom. The summed E-state index contributed by atoms with van der Waals surface area (Å²) in [5.74, 6) is -1.50. The van der Waals surface area contributed by atoms with Crippen molar-refractivity contribution in [3.8, 4) is 22.8 Å². The van der Waals surface area contributed by atoms with Gasteiger partial charge < -0.3 is 29.7 Å². The van der Waals surface area contributed by atoms with Crippen LogP contribution in [0.15, 0.2) is 67.3 Å². The molecule has 0 radical (unpaired) electrons. The first-order valence-electron chi connectivity index (χ1n) is 20.2. The minimum Gasteiger partial charge on any atom is -0.496 e. The van der Waals surface area contributed by atoms with Crippen LogP contribution in [0.3, 0.4) is 0 Å². The van der Waals surface area contributed by atoms with Crippen molar-refractivity contribution in [2.45, 2.75) is 95.2 Å². The van der Waals surface area contributed by atoms with E-state index in [1.807, 2.05) is 67.6 Å². The highest BCUT2D eigenvalue weighted by molar-refractivity contribution is 7.91. The lowest BCUT2D eigenvalue weighted by molar-refractivity contribution is -0.142. The highest BCUT2D eigenvalue weighted by Crippen LogP contribution is 2.46. The van der Waals surface area contributed by atoms with Crippen LogP contribution in [0, 0.1) is 17.3 Å². The van der Waals surface area contributed by atoms with Crippen LogP contribution in [0.5, 0.6) is 11.5 Å². The normalized spacial score (nSPS) is 26.4. The number of alkyl carbamates (subject to hydrolysis) is 1. The van der Waals surface area contributed by atoms with Crippen molar-refractivity contribution in [2.75, 3.05) is 20.3 Å². The van der Waals surface area contributed by atoms with Crippen molar-refractivity contribution < 1.29 is 41.8 Å². The number of hydrogen-bond acceptors (Lipinski definition) is 10. The highest BCUT2D eigenvalue weighted by Gasteiger charge is 2.62. The topological polar surface area (TPSA) is 182 Å². The summed E-state index contributed by atoms with van der Waals surface area (Å²) in [6, 6.07) is 13.0. The minimum atomic E-state index is -3.92. The smallest absolute Gasteiger partial charge is 0.407 e. The SMILES string of the molecule is C=C[C@@H]1C[C@]1(NC(=O)[C@@H]1C[C@@H]2CN1C(=O)[C@H](C(C)(C)C)NC(=O)OCC(C)CCC=Cc1cc3c(cc(-c4ccccc4)nc3cc1OC)O2)C(=O)NS(=O)(=O)C1CC1. The second kappa shape index (κ2) is 16.3. The maximum atomic E-state index is 14.8. The van der Waals surface area contributed by atoms with Gasteiger partial charge in [0.1, 0.15) is 35.2 Å². The quantitative estimate of drug-likeness (QED) is 0.245. The number of nitrogens with zero attached hydrogens (tertiary/aromatic N) is 2. The van der Waals surface area contributed by atoms with Crippen molar-refractivity contribution in [3.63, 3.8) is 0 Å². The lowest BCUT2D eigenvalue weighted by Gasteiger charge is -2.35. The van der Waals surface area contributed by atoms with Gasteiger partial charge in [0.2, 0.25) is 21.8 Å². The number of benzene rings is 2. The predicted molar refractivity (Wildman–Crippen MR) is 223 cm³/mol. The number of ether oxygens (including phenoxy) is 3. The zero-order chi connectivity index (χ0) is 42.3. The van der Waals surface area contributed by atoms with Crippen molar-refractivity contribution >= 4 is 50.8 Å². The maximum Gasteiger partial charge on any atom is 0.407 e. The Bertz CT molecular complexity index is 2290. The van der Waals surface area contributed by atoms with Gasteiger partial charge in [-0.3, -0.25) is 19.1 Å². The molecule has 1 saturated heterocycles. The number of cyclic esters (lactones) is 1. The first-order valence-corrected chi connectivity index (χ1v) is 21.7. The lowest BCUT2D eigenvalue weighted by Crippen LogP contribution is -2.60. The second-order valence-electron chi connectivity index (χ2n) is 17.3. The molecule has 4 aliphatic rings. The van der Waals surface area contributed by atoms with E-state index in [-0.39, 0.29) is 31.9 Å². The molecule has 2 aliphatic heterocycles. The third-order valence-corrected chi connectivity index (χ3v) is 13.4. The van der Waals surface area contributed by atoms with Gasteiger partial charge in [-0.2, -0.15) is 0 Å². The second-order valence-corrected chi connectivity index (χ2v) is 19.2. The molecular formula is C44H53N5O9S. The molecule has 15 heteroatoms. The van der Waals surface area contributed by atoms with Crippen LogP contribution in [-0.2, 0) is 29.1 Å². The standard InChI is InChI=1S/C44H53N5O9S/c1-7-29-23-44(29,41(52)48-59(54,55)31-17-18-31)47-39(50)35-20-30-24-49(35)40(51)38(43(3,4)5)46-42(53)57-25-26(2)13-11-12-16-28-19-32-34(22-36(28)56-6)45-33(21-37(32)58-30)27-14-9-8-10-15-27/h7-10,12,14-16,19,21-22,26,29-31,35,38H,1,11,13,17-18,20,23-25H2,2-6H3,(H,46,53)(H,47,50)(H,48,52)/t26?,29-,30-,35+,38-,44-/m1/s1. The molecule has 1 unspecified atom stereocenters. The number of sulfonamides is 1. The van der Waals surface area contributed by atoms with E-state index < -0.39 is 74.1 Å². The van der Waals surface area contributed by atoms with Gasteiger partial charge in [0, 0.05) is 41.0 Å². The maximum absolute atomic E-state index is 14.8. The summed E-state index contributed by atoms with van der Waals surface area (Å²) >= 11 is 0. The van der Waals surface area contributed by atoms with E-state index in [2.05, 4.69) is 21.9 Å². The van der Waals surface area contributed by atoms with E-state index in [1.54, 1.807) is 27.9 Å². The van der Waals surface area contributed by atoms with Crippen LogP contribution >= 0.6 is 0 Å². The van der Waals surface area contributed by atoms with E-state index in [0.29, 0.717) is 47.4 Å². The largest absolute Gasteiger partial charge is 0.496 e. The summed E-state index contributed by atoms with van der Waals surface area (Å²) in [5, 5.41) is 5.65. The molecule has 4 bridgehead atoms. The van der Waals surface area contributed by atoms with Gasteiger partial charge in [0.15, 0.2) is 0 Å². The van der Waals surface area contributed by atoms with E-state index in [0.717, 1.165) is 17.5 Å². The Labute approximate surface area is 345 Å². The molecule has 3 aromatic rings. The van der Waals surface area contributed by atoms with Gasteiger partial charge in [-0.15, -0.1) is 6.58 Å². The van der Waals surface area contributed by atoms with E-state index in [9.17, 15) is 27.6 Å². The van der Waals surface area contributed by atoms with Crippen LogP contribution in [0.1, 0.15) is 71.8 Å². The molecule has 314 valence electrons. The third kappa shape index (κ3) is 8.94. The molecule has 6 atom stereocenters. The Balaban J connectivity index is 1.29. The zero-order valence-electron chi connectivity index (χ0n) is 34.2. The molecular weight excluding hydrogens is 775 g/mol. The average molecular weight is 828 g/mol. The molecule has 2 aliphatic carbocycles. The van der Waals surface area contributed by atoms with E-state index in [4.69, 9.17) is 19.2 Å². The number of fused-ring (bicyclic) bond motifs is 3. The highest BCUT2D eigenvalue weighted by atomic mass is 32.2. The number of pyridine rings is 1. The summed E-state index contributed by atoms with van der Waals surface area (Å²) in [5.41, 5.74) is 0.496. The van der Waals surface area contributed by atoms with Crippen LogP contribution in [0.4, 0.5) is 4.79 Å². The zero-order valence-corrected chi connectivity index (χ0v) is 35.0. The minimum absolute atomic E-state index is 0.00777. The van der Waals surface area contributed by atoms with Crippen molar-refractivity contribution in [1.29, 1.82) is 0 Å². The van der Waals surface area contributed by atoms with Crippen LogP contribution in [0.25, 0.3) is 28.2 Å². The van der Waals surface area contributed by atoms with E-state index >= 15 is 0 Å². The Morgan fingerprint density at radius 3 is 2.51 bits per heavy atom.